The summed E-state index contributed by atoms with van der Waals surface area (Å²) in [5, 5.41) is 5.22. The highest BCUT2D eigenvalue weighted by Gasteiger charge is 2.17. The number of hydrogen-bond donors (Lipinski definition) is 3. The van der Waals surface area contributed by atoms with Gasteiger partial charge in [0.1, 0.15) is 5.60 Å². The van der Waals surface area contributed by atoms with Gasteiger partial charge in [0.25, 0.3) is 0 Å². The fraction of sp³-hybridized carbons (Fsp3) is 0.391. The smallest absolute Gasteiger partial charge is 0.407 e. The van der Waals surface area contributed by atoms with Crippen molar-refractivity contribution in [1.29, 1.82) is 0 Å². The Kier molecular flexibility index (Phi) is 9.75. The van der Waals surface area contributed by atoms with Crippen LogP contribution >= 0.6 is 11.8 Å². The first-order valence-electron chi connectivity index (χ1n) is 10.4. The van der Waals surface area contributed by atoms with E-state index in [2.05, 4.69) is 21.4 Å². The number of aryl methyl sites for hydroxylation is 1. The molecule has 0 aliphatic carbocycles. The maximum Gasteiger partial charge on any atom is 0.407 e. The molecule has 0 heterocycles. The molecule has 2 aromatic carbocycles. The van der Waals surface area contributed by atoms with Crippen molar-refractivity contribution in [1.82, 2.24) is 10.0 Å². The molecule has 2 amide bonds. The Morgan fingerprint density at radius 3 is 2.45 bits per heavy atom. The minimum atomic E-state index is -3.81. The van der Waals surface area contributed by atoms with Gasteiger partial charge < -0.3 is 15.4 Å². The molecule has 2 rings (SSSR count). The van der Waals surface area contributed by atoms with Crippen LogP contribution in [0.3, 0.4) is 0 Å². The number of carbonyl (C=O) groups excluding carboxylic acids is 2. The molecule has 0 saturated carbocycles. The lowest BCUT2D eigenvalue weighted by Crippen LogP contribution is -2.37. The molecule has 10 heteroatoms. The van der Waals surface area contributed by atoms with E-state index in [1.54, 1.807) is 32.9 Å². The van der Waals surface area contributed by atoms with Gasteiger partial charge >= 0.3 is 6.09 Å². The van der Waals surface area contributed by atoms with Crippen molar-refractivity contribution >= 4 is 39.5 Å². The van der Waals surface area contributed by atoms with Gasteiger partial charge in [-0.25, -0.2) is 17.9 Å². The molecular formula is C23H31N3O5S2. The van der Waals surface area contributed by atoms with E-state index >= 15 is 0 Å². The molecule has 2 aromatic rings. The van der Waals surface area contributed by atoms with Gasteiger partial charge in [-0.2, -0.15) is 0 Å². The Hall–Kier alpha value is -2.56. The second kappa shape index (κ2) is 12.1. The third-order valence-electron chi connectivity index (χ3n) is 4.10. The van der Waals surface area contributed by atoms with Crippen LogP contribution in [0.2, 0.25) is 0 Å². The summed E-state index contributed by atoms with van der Waals surface area (Å²) in [7, 11) is -3.81. The predicted octanol–water partition coefficient (Wildman–Crippen LogP) is 3.67. The molecule has 8 nitrogen and oxygen atoms in total. The van der Waals surface area contributed by atoms with Crippen LogP contribution in [-0.4, -0.2) is 44.9 Å². The molecule has 0 spiro atoms. The molecule has 0 bridgehead atoms. The minimum absolute atomic E-state index is 0.00619. The Morgan fingerprint density at radius 1 is 1.03 bits per heavy atom. The molecular weight excluding hydrogens is 462 g/mol. The number of hydrogen-bond acceptors (Lipinski definition) is 6. The number of rotatable bonds is 10. The van der Waals surface area contributed by atoms with Crippen LogP contribution in [0, 0.1) is 6.92 Å². The molecule has 0 radical (unpaired) electrons. The van der Waals surface area contributed by atoms with Gasteiger partial charge in [0.15, 0.2) is 0 Å². The zero-order valence-electron chi connectivity index (χ0n) is 19.3. The second-order valence-electron chi connectivity index (χ2n) is 8.38. The van der Waals surface area contributed by atoms with E-state index in [0.29, 0.717) is 11.4 Å². The summed E-state index contributed by atoms with van der Waals surface area (Å²) in [4.78, 5) is 23.9. The fourth-order valence-corrected chi connectivity index (χ4v) is 4.60. The molecule has 0 unspecified atom stereocenters. The molecule has 180 valence electrons. The Balaban J connectivity index is 1.81. The predicted molar refractivity (Wildman–Crippen MR) is 132 cm³/mol. The first-order valence-corrected chi connectivity index (χ1v) is 13.1. The number of sulfonamides is 1. The lowest BCUT2D eigenvalue weighted by atomic mass is 10.2. The summed E-state index contributed by atoms with van der Waals surface area (Å²) in [6.07, 6.45) is -0.619. The lowest BCUT2D eigenvalue weighted by Gasteiger charge is -2.19. The van der Waals surface area contributed by atoms with E-state index in [-0.39, 0.29) is 29.6 Å². The van der Waals surface area contributed by atoms with Crippen LogP contribution in [0.5, 0.6) is 0 Å². The molecule has 0 saturated heterocycles. The van der Waals surface area contributed by atoms with Crippen molar-refractivity contribution in [3.05, 3.63) is 59.7 Å². The van der Waals surface area contributed by atoms with Crippen molar-refractivity contribution in [2.75, 3.05) is 24.2 Å². The fourth-order valence-electron chi connectivity index (χ4n) is 2.75. The number of carbonyl (C=O) groups is 2. The van der Waals surface area contributed by atoms with E-state index in [1.165, 1.54) is 29.5 Å². The van der Waals surface area contributed by atoms with Crippen LogP contribution in [0.25, 0.3) is 0 Å². The summed E-state index contributed by atoms with van der Waals surface area (Å²) in [5.41, 5.74) is 2.08. The highest BCUT2D eigenvalue weighted by molar-refractivity contribution is 7.99. The third-order valence-corrected chi connectivity index (χ3v) is 6.56. The van der Waals surface area contributed by atoms with Crippen molar-refractivity contribution in [2.45, 2.75) is 43.9 Å². The van der Waals surface area contributed by atoms with E-state index in [1.807, 2.05) is 25.1 Å². The Morgan fingerprint density at radius 2 is 1.76 bits per heavy atom. The average Bonchev–Trinajstić information content (AvgIpc) is 2.70. The lowest BCUT2D eigenvalue weighted by molar-refractivity contribution is -0.113. The van der Waals surface area contributed by atoms with Gasteiger partial charge in [-0.05, 0) is 51.5 Å². The molecule has 0 aromatic heterocycles. The Labute approximate surface area is 199 Å². The largest absolute Gasteiger partial charge is 0.444 e. The Bertz CT molecular complexity index is 1070. The summed E-state index contributed by atoms with van der Waals surface area (Å²) in [6.45, 7) is 7.31. The minimum Gasteiger partial charge on any atom is -0.444 e. The van der Waals surface area contributed by atoms with Gasteiger partial charge in [-0.3, -0.25) is 4.79 Å². The van der Waals surface area contributed by atoms with Gasteiger partial charge in [-0.15, -0.1) is 11.8 Å². The highest BCUT2D eigenvalue weighted by Crippen LogP contribution is 2.17. The zero-order chi connectivity index (χ0) is 24.5. The van der Waals surface area contributed by atoms with Crippen LogP contribution in [-0.2, 0) is 25.3 Å². The average molecular weight is 494 g/mol. The van der Waals surface area contributed by atoms with Crippen LogP contribution in [0.15, 0.2) is 53.4 Å². The first-order chi connectivity index (χ1) is 15.4. The van der Waals surface area contributed by atoms with Gasteiger partial charge in [0.05, 0.1) is 10.6 Å². The van der Waals surface area contributed by atoms with E-state index < -0.39 is 21.7 Å². The SMILES string of the molecule is Cc1cccc(CSCC(=O)Nc2cccc(S(=O)(=O)NCCNC(=O)OC(C)(C)C)c2)c1. The summed E-state index contributed by atoms with van der Waals surface area (Å²) in [5.74, 6) is 0.751. The number of anilines is 1. The molecule has 3 N–H and O–H groups in total. The number of thioether (sulfide) groups is 1. The third kappa shape index (κ3) is 10.3. The second-order valence-corrected chi connectivity index (χ2v) is 11.1. The van der Waals surface area contributed by atoms with Gasteiger partial charge in [0.2, 0.25) is 15.9 Å². The standard InChI is InChI=1S/C23H31N3O5S2/c1-17-7-5-8-18(13-17)15-32-16-21(27)26-19-9-6-10-20(14-19)33(29,30)25-12-11-24-22(28)31-23(2,3)4/h5-10,13-14,25H,11-12,15-16H2,1-4H3,(H,24,28)(H,26,27). The summed E-state index contributed by atoms with van der Waals surface area (Å²) in [6, 6.07) is 14.1. The molecule has 0 aliphatic heterocycles. The number of alkyl carbamates (subject to hydrolysis) is 1. The number of nitrogens with one attached hydrogen (secondary N) is 3. The molecule has 0 atom stereocenters. The summed E-state index contributed by atoms with van der Waals surface area (Å²) >= 11 is 1.48. The number of benzene rings is 2. The van der Waals surface area contributed by atoms with E-state index in [0.717, 1.165) is 5.56 Å². The van der Waals surface area contributed by atoms with Gasteiger partial charge in [0, 0.05) is 24.5 Å². The maximum atomic E-state index is 12.5. The first kappa shape index (κ1) is 26.7. The zero-order valence-corrected chi connectivity index (χ0v) is 20.9. The van der Waals surface area contributed by atoms with E-state index in [4.69, 9.17) is 4.74 Å². The number of ether oxygens (including phenoxy) is 1. The normalized spacial score (nSPS) is 11.6. The van der Waals surface area contributed by atoms with E-state index in [9.17, 15) is 18.0 Å². The monoisotopic (exact) mass is 493 g/mol. The van der Waals surface area contributed by atoms with Crippen molar-refractivity contribution in [2.24, 2.45) is 0 Å². The van der Waals surface area contributed by atoms with Crippen LogP contribution < -0.4 is 15.4 Å². The topological polar surface area (TPSA) is 114 Å². The van der Waals surface area contributed by atoms with Crippen molar-refractivity contribution in [3.8, 4) is 0 Å². The van der Waals surface area contributed by atoms with Crippen LogP contribution in [0.4, 0.5) is 10.5 Å². The van der Waals surface area contributed by atoms with Gasteiger partial charge in [-0.1, -0.05) is 35.9 Å². The van der Waals surface area contributed by atoms with Crippen LogP contribution in [0.1, 0.15) is 31.9 Å². The summed E-state index contributed by atoms with van der Waals surface area (Å²) < 4.78 is 32.6. The molecule has 0 fully saturated rings. The molecule has 0 aliphatic rings. The number of amides is 2. The van der Waals surface area contributed by atoms with Crippen molar-refractivity contribution in [3.63, 3.8) is 0 Å². The highest BCUT2D eigenvalue weighted by atomic mass is 32.2. The molecule has 33 heavy (non-hydrogen) atoms. The maximum absolute atomic E-state index is 12.5. The quantitative estimate of drug-likeness (QED) is 0.435. The van der Waals surface area contributed by atoms with Crippen molar-refractivity contribution < 1.29 is 22.7 Å².